The number of amides is 1. The molecule has 2 heterocycles. The molecule has 2 N–H and O–H groups in total. The molecule has 0 saturated carbocycles. The van der Waals surface area contributed by atoms with Gasteiger partial charge in [0.05, 0.1) is 10.6 Å². The number of nitrogens with one attached hydrogen (secondary N) is 2. The summed E-state index contributed by atoms with van der Waals surface area (Å²) in [5.74, 6) is 6.64. The SMILES string of the molecule is C=CCn1c(-c2sc(NC(=O)c3ccc(C#Cc4ccccc4)cc3)nc2C)n[nH]c1=S. The van der Waals surface area contributed by atoms with E-state index in [-0.39, 0.29) is 5.91 Å². The number of allylic oxidation sites excluding steroid dienone is 1. The molecule has 4 rings (SSSR count). The maximum Gasteiger partial charge on any atom is 0.257 e. The van der Waals surface area contributed by atoms with Crippen LogP contribution in [0.4, 0.5) is 5.13 Å². The number of anilines is 1. The van der Waals surface area contributed by atoms with Crippen molar-refractivity contribution in [1.29, 1.82) is 0 Å². The van der Waals surface area contributed by atoms with Crippen molar-refractivity contribution >= 4 is 34.6 Å². The summed E-state index contributed by atoms with van der Waals surface area (Å²) in [6.07, 6.45) is 1.75. The Hall–Kier alpha value is -3.80. The number of hydrogen-bond acceptors (Lipinski definition) is 5. The topological polar surface area (TPSA) is 75.6 Å². The van der Waals surface area contributed by atoms with Crippen LogP contribution in [0, 0.1) is 23.5 Å². The van der Waals surface area contributed by atoms with E-state index in [2.05, 4.69) is 38.9 Å². The van der Waals surface area contributed by atoms with Crippen LogP contribution in [-0.4, -0.2) is 25.7 Å². The molecule has 0 spiro atoms. The quantitative estimate of drug-likeness (QED) is 0.245. The minimum absolute atomic E-state index is 0.238. The fourth-order valence-electron chi connectivity index (χ4n) is 2.99. The molecule has 0 unspecified atom stereocenters. The predicted octanol–water partition coefficient (Wildman–Crippen LogP) is 5.21. The third kappa shape index (κ3) is 4.75. The number of hydrogen-bond donors (Lipinski definition) is 2. The summed E-state index contributed by atoms with van der Waals surface area (Å²) in [6, 6.07) is 16.9. The Morgan fingerprint density at radius 1 is 1.19 bits per heavy atom. The maximum atomic E-state index is 12.7. The smallest absolute Gasteiger partial charge is 0.257 e. The standard InChI is InChI=1S/C24H19N5OS2/c1-3-15-29-21(27-28-24(29)31)20-16(2)25-23(32-20)26-22(30)19-13-11-18(12-14-19)10-9-17-7-5-4-6-8-17/h3-8,11-14H,1,15H2,2H3,(H,28,31)(H,25,26,30). The zero-order valence-corrected chi connectivity index (χ0v) is 18.9. The van der Waals surface area contributed by atoms with Gasteiger partial charge in [0, 0.05) is 23.2 Å². The summed E-state index contributed by atoms with van der Waals surface area (Å²) < 4.78 is 2.35. The van der Waals surface area contributed by atoms with Crippen LogP contribution in [-0.2, 0) is 6.54 Å². The van der Waals surface area contributed by atoms with E-state index in [0.717, 1.165) is 21.7 Å². The van der Waals surface area contributed by atoms with Crippen LogP contribution in [0.5, 0.6) is 0 Å². The zero-order chi connectivity index (χ0) is 22.5. The Labute approximate surface area is 194 Å². The van der Waals surface area contributed by atoms with E-state index >= 15 is 0 Å². The van der Waals surface area contributed by atoms with Gasteiger partial charge in [-0.1, -0.05) is 47.5 Å². The maximum absolute atomic E-state index is 12.7. The van der Waals surface area contributed by atoms with Crippen LogP contribution in [0.2, 0.25) is 0 Å². The van der Waals surface area contributed by atoms with Gasteiger partial charge in [-0.05, 0) is 55.5 Å². The molecule has 2 aromatic heterocycles. The number of carbonyl (C=O) groups excluding carboxylic acids is 1. The van der Waals surface area contributed by atoms with Gasteiger partial charge in [-0.25, -0.2) is 4.98 Å². The van der Waals surface area contributed by atoms with Crippen molar-refractivity contribution < 1.29 is 4.79 Å². The summed E-state index contributed by atoms with van der Waals surface area (Å²) in [5, 5.41) is 10.5. The lowest BCUT2D eigenvalue weighted by Gasteiger charge is -2.02. The van der Waals surface area contributed by atoms with E-state index in [1.165, 1.54) is 11.3 Å². The van der Waals surface area contributed by atoms with Crippen molar-refractivity contribution in [3.05, 3.63) is 94.4 Å². The minimum Gasteiger partial charge on any atom is -0.298 e. The molecule has 0 atom stereocenters. The summed E-state index contributed by atoms with van der Waals surface area (Å²) >= 11 is 6.63. The van der Waals surface area contributed by atoms with Gasteiger partial charge in [0.25, 0.3) is 5.91 Å². The molecule has 6 nitrogen and oxygen atoms in total. The number of aromatic amines is 1. The van der Waals surface area contributed by atoms with E-state index in [1.54, 1.807) is 18.2 Å². The fraction of sp³-hybridized carbons (Fsp3) is 0.0833. The number of H-pyrrole nitrogens is 1. The van der Waals surface area contributed by atoms with E-state index in [1.807, 2.05) is 54.0 Å². The Kier molecular flexibility index (Phi) is 6.40. The molecule has 0 bridgehead atoms. The van der Waals surface area contributed by atoms with E-state index in [0.29, 0.717) is 27.8 Å². The van der Waals surface area contributed by atoms with Crippen LogP contribution in [0.1, 0.15) is 27.2 Å². The summed E-state index contributed by atoms with van der Waals surface area (Å²) in [4.78, 5) is 18.0. The second-order valence-electron chi connectivity index (χ2n) is 6.83. The van der Waals surface area contributed by atoms with E-state index in [4.69, 9.17) is 12.2 Å². The lowest BCUT2D eigenvalue weighted by atomic mass is 10.1. The monoisotopic (exact) mass is 457 g/mol. The van der Waals surface area contributed by atoms with Crippen LogP contribution in [0.15, 0.2) is 67.3 Å². The normalized spacial score (nSPS) is 10.3. The molecule has 2 aromatic carbocycles. The van der Waals surface area contributed by atoms with Gasteiger partial charge in [-0.3, -0.25) is 19.8 Å². The van der Waals surface area contributed by atoms with Crippen molar-refractivity contribution in [2.75, 3.05) is 5.32 Å². The summed E-state index contributed by atoms with van der Waals surface area (Å²) in [5.41, 5.74) is 3.07. The lowest BCUT2D eigenvalue weighted by molar-refractivity contribution is 0.102. The number of aromatic nitrogens is 4. The predicted molar refractivity (Wildman–Crippen MR) is 130 cm³/mol. The number of benzene rings is 2. The second-order valence-corrected chi connectivity index (χ2v) is 8.22. The van der Waals surface area contributed by atoms with Gasteiger partial charge < -0.3 is 0 Å². The highest BCUT2D eigenvalue weighted by atomic mass is 32.1. The van der Waals surface area contributed by atoms with Crippen molar-refractivity contribution in [3.63, 3.8) is 0 Å². The molecule has 0 aliphatic rings. The first-order valence-corrected chi connectivity index (χ1v) is 11.0. The highest BCUT2D eigenvalue weighted by Crippen LogP contribution is 2.32. The zero-order valence-electron chi connectivity index (χ0n) is 17.3. The van der Waals surface area contributed by atoms with Crippen LogP contribution < -0.4 is 5.32 Å². The first kappa shape index (κ1) is 21.4. The first-order chi connectivity index (χ1) is 15.5. The summed E-state index contributed by atoms with van der Waals surface area (Å²) in [7, 11) is 0. The molecule has 0 saturated heterocycles. The fourth-order valence-corrected chi connectivity index (χ4v) is 4.15. The molecule has 1 amide bonds. The van der Waals surface area contributed by atoms with Crippen LogP contribution >= 0.6 is 23.6 Å². The van der Waals surface area contributed by atoms with Crippen molar-refractivity contribution in [3.8, 4) is 22.5 Å². The molecule has 0 fully saturated rings. The van der Waals surface area contributed by atoms with Crippen LogP contribution in [0.25, 0.3) is 10.7 Å². The average Bonchev–Trinajstić information content (AvgIpc) is 3.35. The van der Waals surface area contributed by atoms with E-state index < -0.39 is 0 Å². The Balaban J connectivity index is 1.49. The Morgan fingerprint density at radius 3 is 2.56 bits per heavy atom. The third-order valence-corrected chi connectivity index (χ3v) is 5.94. The van der Waals surface area contributed by atoms with Crippen molar-refractivity contribution in [2.45, 2.75) is 13.5 Å². The van der Waals surface area contributed by atoms with E-state index in [9.17, 15) is 4.79 Å². The Morgan fingerprint density at radius 2 is 1.88 bits per heavy atom. The van der Waals surface area contributed by atoms with Gasteiger partial charge in [-0.15, -0.1) is 6.58 Å². The van der Waals surface area contributed by atoms with Gasteiger partial charge in [0.15, 0.2) is 15.7 Å². The highest BCUT2D eigenvalue weighted by molar-refractivity contribution is 7.71. The van der Waals surface area contributed by atoms with Crippen molar-refractivity contribution in [1.82, 2.24) is 19.7 Å². The molecule has 8 heteroatoms. The number of carbonyl (C=O) groups is 1. The van der Waals surface area contributed by atoms with Gasteiger partial charge in [-0.2, -0.15) is 5.10 Å². The minimum atomic E-state index is -0.238. The first-order valence-electron chi connectivity index (χ1n) is 9.77. The third-order valence-electron chi connectivity index (χ3n) is 4.56. The molecule has 0 radical (unpaired) electrons. The molecule has 0 aliphatic heterocycles. The molecular formula is C24H19N5OS2. The second kappa shape index (κ2) is 9.56. The molecule has 0 aliphatic carbocycles. The Bertz CT molecular complexity index is 1390. The lowest BCUT2D eigenvalue weighted by Crippen LogP contribution is -2.11. The highest BCUT2D eigenvalue weighted by Gasteiger charge is 2.17. The van der Waals surface area contributed by atoms with Gasteiger partial charge >= 0.3 is 0 Å². The number of aryl methyl sites for hydroxylation is 1. The summed E-state index contributed by atoms with van der Waals surface area (Å²) in [6.45, 7) is 6.16. The molecule has 32 heavy (non-hydrogen) atoms. The number of rotatable bonds is 5. The molecule has 158 valence electrons. The largest absolute Gasteiger partial charge is 0.298 e. The van der Waals surface area contributed by atoms with Gasteiger partial charge in [0.1, 0.15) is 0 Å². The molecular weight excluding hydrogens is 438 g/mol. The van der Waals surface area contributed by atoms with Crippen molar-refractivity contribution in [2.24, 2.45) is 0 Å². The molecule has 4 aromatic rings. The van der Waals surface area contributed by atoms with Crippen LogP contribution in [0.3, 0.4) is 0 Å². The number of thiazole rings is 1. The average molecular weight is 458 g/mol. The van der Waals surface area contributed by atoms with Gasteiger partial charge in [0.2, 0.25) is 0 Å². The number of nitrogens with zero attached hydrogens (tertiary/aromatic N) is 3.